The molecular formula is C25H29F3N2O6S. The quantitative estimate of drug-likeness (QED) is 0.442. The Bertz CT molecular complexity index is 1240. The van der Waals surface area contributed by atoms with Crippen molar-refractivity contribution in [2.45, 2.75) is 50.2 Å². The van der Waals surface area contributed by atoms with E-state index in [2.05, 4.69) is 5.32 Å². The molecule has 0 spiro atoms. The van der Waals surface area contributed by atoms with Crippen LogP contribution in [0.1, 0.15) is 43.5 Å². The fraction of sp³-hybridized carbons (Fsp3) is 0.440. The van der Waals surface area contributed by atoms with E-state index in [1.807, 2.05) is 0 Å². The van der Waals surface area contributed by atoms with Crippen LogP contribution < -0.4 is 10.1 Å². The third-order valence-electron chi connectivity index (χ3n) is 6.27. The van der Waals surface area contributed by atoms with Crippen LogP contribution in [0.4, 0.5) is 13.2 Å². The molecule has 1 aliphatic heterocycles. The fourth-order valence-electron chi connectivity index (χ4n) is 3.94. The van der Waals surface area contributed by atoms with Gasteiger partial charge in [-0.1, -0.05) is 13.8 Å². The van der Waals surface area contributed by atoms with E-state index < -0.39 is 57.7 Å². The number of amides is 1. The number of nitrogens with one attached hydrogen (secondary N) is 1. The summed E-state index contributed by atoms with van der Waals surface area (Å²) in [5.74, 6) is -3.23. The number of ether oxygens (including phenoxy) is 1. The van der Waals surface area contributed by atoms with Crippen LogP contribution in [0.15, 0.2) is 47.4 Å². The number of hydrogen-bond donors (Lipinski definition) is 2. The second-order valence-corrected chi connectivity index (χ2v) is 11.4. The number of halogens is 3. The second-order valence-electron chi connectivity index (χ2n) is 9.49. The van der Waals surface area contributed by atoms with Crippen LogP contribution in [0.5, 0.6) is 5.75 Å². The van der Waals surface area contributed by atoms with Gasteiger partial charge in [0.1, 0.15) is 12.0 Å². The van der Waals surface area contributed by atoms with Crippen LogP contribution in [0.2, 0.25) is 0 Å². The van der Waals surface area contributed by atoms with Crippen molar-refractivity contribution in [2.75, 3.05) is 19.7 Å². The number of hydrogen-bond acceptors (Lipinski definition) is 5. The van der Waals surface area contributed by atoms with Gasteiger partial charge in [-0.05, 0) is 55.7 Å². The van der Waals surface area contributed by atoms with E-state index in [0.29, 0.717) is 18.9 Å². The molecule has 0 aliphatic carbocycles. The molecule has 2 aromatic carbocycles. The Morgan fingerprint density at radius 2 is 1.84 bits per heavy atom. The van der Waals surface area contributed by atoms with Crippen molar-refractivity contribution in [1.29, 1.82) is 0 Å². The van der Waals surface area contributed by atoms with Gasteiger partial charge in [-0.3, -0.25) is 4.79 Å². The molecule has 1 saturated heterocycles. The van der Waals surface area contributed by atoms with Crippen molar-refractivity contribution in [3.05, 3.63) is 59.7 Å². The highest BCUT2D eigenvalue weighted by atomic mass is 32.2. The van der Waals surface area contributed by atoms with E-state index >= 15 is 0 Å². The van der Waals surface area contributed by atoms with Gasteiger partial charge in [0.15, 0.2) is 11.6 Å². The number of alkyl halides is 1. The molecule has 37 heavy (non-hydrogen) atoms. The maximum absolute atomic E-state index is 14.9. The zero-order chi connectivity index (χ0) is 27.4. The van der Waals surface area contributed by atoms with Crippen LogP contribution >= 0.6 is 0 Å². The number of carbonyl (C=O) groups is 2. The lowest BCUT2D eigenvalue weighted by molar-refractivity contribution is -0.131. The third kappa shape index (κ3) is 7.01. The molecule has 2 atom stereocenters. The van der Waals surface area contributed by atoms with Crippen molar-refractivity contribution in [1.82, 2.24) is 9.62 Å². The molecule has 0 unspecified atom stereocenters. The number of piperidine rings is 1. The van der Waals surface area contributed by atoms with E-state index in [9.17, 15) is 31.2 Å². The fourth-order valence-corrected chi connectivity index (χ4v) is 5.40. The Balaban J connectivity index is 1.51. The summed E-state index contributed by atoms with van der Waals surface area (Å²) < 4.78 is 73.6. The molecule has 2 N–H and O–H groups in total. The van der Waals surface area contributed by atoms with Crippen molar-refractivity contribution in [2.24, 2.45) is 5.41 Å². The zero-order valence-corrected chi connectivity index (χ0v) is 21.2. The molecule has 8 nitrogen and oxygen atoms in total. The predicted molar refractivity (Wildman–Crippen MR) is 128 cm³/mol. The minimum Gasteiger partial charge on any atom is -0.491 e. The molecule has 0 bridgehead atoms. The number of carboxylic acid groups (broad SMARTS) is 1. The molecule has 0 aromatic heterocycles. The number of nitrogens with zero attached hydrogens (tertiary/aromatic N) is 1. The lowest BCUT2D eigenvalue weighted by Gasteiger charge is -2.36. The van der Waals surface area contributed by atoms with E-state index in [1.54, 1.807) is 13.8 Å². The van der Waals surface area contributed by atoms with Gasteiger partial charge >= 0.3 is 5.97 Å². The average Bonchev–Trinajstić information content (AvgIpc) is 2.84. The average molecular weight is 543 g/mol. The van der Waals surface area contributed by atoms with Crippen molar-refractivity contribution >= 4 is 21.9 Å². The minimum absolute atomic E-state index is 0.0219. The molecule has 1 amide bonds. The minimum atomic E-state index is -4.03. The summed E-state index contributed by atoms with van der Waals surface area (Å²) in [6.07, 6.45) is -0.861. The Hall–Kier alpha value is -3.12. The van der Waals surface area contributed by atoms with E-state index in [0.717, 1.165) is 22.5 Å². The maximum Gasteiger partial charge on any atom is 0.335 e. The Labute approximate surface area is 213 Å². The Morgan fingerprint density at radius 3 is 2.43 bits per heavy atom. The van der Waals surface area contributed by atoms with Crippen LogP contribution in [0, 0.1) is 17.0 Å². The highest BCUT2D eigenvalue weighted by Crippen LogP contribution is 2.27. The molecule has 202 valence electrons. The maximum atomic E-state index is 14.9. The van der Waals surface area contributed by atoms with Crippen molar-refractivity contribution < 1.29 is 41.0 Å². The van der Waals surface area contributed by atoms with Crippen molar-refractivity contribution in [3.63, 3.8) is 0 Å². The second kappa shape index (κ2) is 11.5. The van der Waals surface area contributed by atoms with Gasteiger partial charge in [-0.2, -0.15) is 4.31 Å². The molecular weight excluding hydrogens is 513 g/mol. The van der Waals surface area contributed by atoms with Crippen LogP contribution in [-0.4, -0.2) is 61.6 Å². The van der Waals surface area contributed by atoms with Crippen LogP contribution in [0.3, 0.4) is 0 Å². The summed E-state index contributed by atoms with van der Waals surface area (Å²) in [7, 11) is -4.03. The summed E-state index contributed by atoms with van der Waals surface area (Å²) in [5, 5.41) is 11.6. The molecule has 1 aliphatic rings. The number of aromatic carboxylic acids is 1. The highest BCUT2D eigenvalue weighted by Gasteiger charge is 2.38. The van der Waals surface area contributed by atoms with Crippen LogP contribution in [0.25, 0.3) is 0 Å². The van der Waals surface area contributed by atoms with Gasteiger partial charge in [0.25, 0.3) is 0 Å². The molecule has 1 fully saturated rings. The number of carboxylic acids is 1. The Kier molecular flexibility index (Phi) is 8.85. The van der Waals surface area contributed by atoms with Gasteiger partial charge in [0.2, 0.25) is 15.9 Å². The van der Waals surface area contributed by atoms with E-state index in [-0.39, 0.29) is 35.8 Å². The SMILES string of the molecule is CC(C)(CCCOc1ccc(F)cc1F)C(=O)N[C@@H]1CCN(S(=O)(=O)c2ccc(C(=O)O)cc2)C[C@H]1F. The monoisotopic (exact) mass is 542 g/mol. The first-order valence-corrected chi connectivity index (χ1v) is 13.1. The van der Waals surface area contributed by atoms with Gasteiger partial charge in [0.05, 0.1) is 23.1 Å². The largest absolute Gasteiger partial charge is 0.491 e. The Morgan fingerprint density at radius 1 is 1.16 bits per heavy atom. The standard InChI is InChI=1S/C25H29F3N2O6S/c1-25(2,11-3-13-36-22-9-6-17(26)14-19(22)27)24(33)29-21-10-12-30(15-20(21)28)37(34,35)18-7-4-16(5-8-18)23(31)32/h4-9,14,20-21H,3,10-13,15H2,1-2H3,(H,29,33)(H,31,32)/t20-,21-/m1/s1. The van der Waals surface area contributed by atoms with Gasteiger partial charge in [-0.25, -0.2) is 26.4 Å². The lowest BCUT2D eigenvalue weighted by Crippen LogP contribution is -2.55. The number of carbonyl (C=O) groups excluding carboxylic acids is 1. The molecule has 1 heterocycles. The van der Waals surface area contributed by atoms with Crippen LogP contribution in [-0.2, 0) is 14.8 Å². The smallest absolute Gasteiger partial charge is 0.335 e. The topological polar surface area (TPSA) is 113 Å². The van der Waals surface area contributed by atoms with Gasteiger partial charge < -0.3 is 15.2 Å². The number of benzene rings is 2. The third-order valence-corrected chi connectivity index (χ3v) is 8.15. The van der Waals surface area contributed by atoms with E-state index in [1.165, 1.54) is 18.2 Å². The summed E-state index contributed by atoms with van der Waals surface area (Å²) in [6.45, 7) is 2.97. The first-order valence-electron chi connectivity index (χ1n) is 11.7. The zero-order valence-electron chi connectivity index (χ0n) is 20.4. The molecule has 0 saturated carbocycles. The molecule has 3 rings (SSSR count). The van der Waals surface area contributed by atoms with E-state index in [4.69, 9.17) is 9.84 Å². The highest BCUT2D eigenvalue weighted by molar-refractivity contribution is 7.89. The normalized spacial score (nSPS) is 18.8. The summed E-state index contributed by atoms with van der Waals surface area (Å²) in [6, 6.07) is 6.75. The first-order chi connectivity index (χ1) is 17.3. The molecule has 2 aromatic rings. The summed E-state index contributed by atoms with van der Waals surface area (Å²) >= 11 is 0. The number of rotatable bonds is 10. The van der Waals surface area contributed by atoms with Gasteiger partial charge in [0, 0.05) is 24.6 Å². The molecule has 12 heteroatoms. The predicted octanol–water partition coefficient (Wildman–Crippen LogP) is 3.77. The van der Waals surface area contributed by atoms with Gasteiger partial charge in [-0.15, -0.1) is 0 Å². The van der Waals surface area contributed by atoms with Crippen molar-refractivity contribution in [3.8, 4) is 5.75 Å². The molecule has 0 radical (unpaired) electrons. The summed E-state index contributed by atoms with van der Waals surface area (Å²) in [5.41, 5.74) is -0.972. The summed E-state index contributed by atoms with van der Waals surface area (Å²) in [4.78, 5) is 23.7. The lowest BCUT2D eigenvalue weighted by atomic mass is 9.86. The first kappa shape index (κ1) is 28.5. The number of sulfonamides is 1.